The normalized spacial score (nSPS) is 18.6. The zero-order valence-electron chi connectivity index (χ0n) is 18.9. The molecule has 0 bridgehead atoms. The summed E-state index contributed by atoms with van der Waals surface area (Å²) in [7, 11) is 4.09. The van der Waals surface area contributed by atoms with Crippen LogP contribution in [-0.4, -0.2) is 89.5 Å². The lowest BCUT2D eigenvalue weighted by Gasteiger charge is -2.28. The lowest BCUT2D eigenvalue weighted by Crippen LogP contribution is -2.37. The van der Waals surface area contributed by atoms with E-state index in [2.05, 4.69) is 26.2 Å². The molecule has 3 aromatic rings. The molecule has 1 atom stereocenters. The van der Waals surface area contributed by atoms with E-state index in [0.29, 0.717) is 25.6 Å². The van der Waals surface area contributed by atoms with E-state index in [-0.39, 0.29) is 11.8 Å². The molecule has 1 aromatic carbocycles. The topological polar surface area (TPSA) is 103 Å². The van der Waals surface area contributed by atoms with Crippen molar-refractivity contribution in [2.75, 3.05) is 58.4 Å². The Balaban J connectivity index is 1.48. The number of aromatic hydroxyl groups is 1. The summed E-state index contributed by atoms with van der Waals surface area (Å²) < 4.78 is 5.52. The first kappa shape index (κ1) is 21.5. The highest BCUT2D eigenvalue weighted by Crippen LogP contribution is 2.29. The Morgan fingerprint density at radius 3 is 2.79 bits per heavy atom. The van der Waals surface area contributed by atoms with Gasteiger partial charge in [0.25, 0.3) is 0 Å². The highest BCUT2D eigenvalue weighted by atomic mass is 16.5. The summed E-state index contributed by atoms with van der Waals surface area (Å²) >= 11 is 0. The van der Waals surface area contributed by atoms with Crippen molar-refractivity contribution in [3.8, 4) is 17.1 Å². The number of likely N-dealkylation sites (N-methyl/N-ethyl adjacent to an activating group) is 1. The molecular weight excluding hydrogens is 420 g/mol. The number of benzene rings is 1. The van der Waals surface area contributed by atoms with Gasteiger partial charge in [0.05, 0.1) is 31.8 Å². The minimum Gasteiger partial charge on any atom is -0.508 e. The third-order valence-corrected chi connectivity index (χ3v) is 5.69. The molecule has 10 heteroatoms. The first-order valence-electron chi connectivity index (χ1n) is 11.1. The van der Waals surface area contributed by atoms with Gasteiger partial charge in [-0.15, -0.1) is 0 Å². The Morgan fingerprint density at radius 1 is 1.15 bits per heavy atom. The Kier molecular flexibility index (Phi) is 6.01. The molecule has 1 N–H and O–H groups in total. The number of pyridine rings is 1. The van der Waals surface area contributed by atoms with Gasteiger partial charge in [0.15, 0.2) is 11.6 Å². The molecule has 4 heterocycles. The van der Waals surface area contributed by atoms with E-state index >= 15 is 0 Å². The summed E-state index contributed by atoms with van der Waals surface area (Å²) in [6, 6.07) is 9.24. The van der Waals surface area contributed by atoms with Crippen LogP contribution < -0.4 is 4.90 Å². The van der Waals surface area contributed by atoms with Crippen molar-refractivity contribution >= 4 is 16.9 Å². The van der Waals surface area contributed by atoms with Crippen LogP contribution in [0.3, 0.4) is 0 Å². The van der Waals surface area contributed by atoms with Crippen LogP contribution in [0.5, 0.6) is 5.75 Å². The lowest BCUT2D eigenvalue weighted by molar-refractivity contribution is 0.122. The molecule has 10 nitrogen and oxygen atoms in total. The quantitative estimate of drug-likeness (QED) is 0.613. The molecule has 1 fully saturated rings. The number of hydrogen-bond acceptors (Lipinski definition) is 10. The van der Waals surface area contributed by atoms with Crippen LogP contribution in [0.2, 0.25) is 0 Å². The number of ether oxygens (including phenoxy) is 1. The second-order valence-corrected chi connectivity index (χ2v) is 8.70. The van der Waals surface area contributed by atoms with Gasteiger partial charge in [0.1, 0.15) is 17.3 Å². The van der Waals surface area contributed by atoms with Gasteiger partial charge in [-0.3, -0.25) is 9.99 Å². The lowest BCUT2D eigenvalue weighted by atomic mass is 10.1. The maximum absolute atomic E-state index is 9.96. The van der Waals surface area contributed by atoms with E-state index in [1.54, 1.807) is 18.2 Å². The predicted molar refractivity (Wildman–Crippen MR) is 125 cm³/mol. The van der Waals surface area contributed by atoms with E-state index in [1.807, 2.05) is 31.4 Å². The highest BCUT2D eigenvalue weighted by molar-refractivity contribution is 5.88. The van der Waals surface area contributed by atoms with Crippen LogP contribution in [0.4, 0.5) is 5.82 Å². The summed E-state index contributed by atoms with van der Waals surface area (Å²) in [5.74, 6) is 1.54. The third kappa shape index (κ3) is 4.86. The molecule has 0 radical (unpaired) electrons. The van der Waals surface area contributed by atoms with Crippen molar-refractivity contribution in [1.29, 1.82) is 0 Å². The number of rotatable bonds is 6. The number of anilines is 1. The zero-order chi connectivity index (χ0) is 22.8. The average molecular weight is 449 g/mol. The fourth-order valence-corrected chi connectivity index (χ4v) is 4.19. The van der Waals surface area contributed by atoms with Crippen molar-refractivity contribution in [2.24, 2.45) is 10.3 Å². The summed E-state index contributed by atoms with van der Waals surface area (Å²) in [4.78, 5) is 18.7. The first-order chi connectivity index (χ1) is 16.0. The molecule has 1 unspecified atom stereocenters. The standard InChI is InChI=1S/C23H28N8O2/c1-29(2)14-18-15-31(28-27-18)13-16-10-20-21(24-12-16)23(30-6-8-33-9-7-30)26-22(25-20)17-4-3-5-19(32)11-17/h3-5,10-12,18,32H,6-9,13-15H2,1-2H3. The highest BCUT2D eigenvalue weighted by Gasteiger charge is 2.22. The second kappa shape index (κ2) is 9.24. The number of fused-ring (bicyclic) bond motifs is 1. The molecule has 5 rings (SSSR count). The number of nitrogens with zero attached hydrogens (tertiary/aromatic N) is 8. The van der Waals surface area contributed by atoms with Gasteiger partial charge in [-0.05, 0) is 37.9 Å². The van der Waals surface area contributed by atoms with E-state index < -0.39 is 0 Å². The molecule has 172 valence electrons. The van der Waals surface area contributed by atoms with Crippen LogP contribution in [0.1, 0.15) is 5.56 Å². The largest absolute Gasteiger partial charge is 0.508 e. The molecule has 0 aliphatic carbocycles. The Hall–Kier alpha value is -3.37. The van der Waals surface area contributed by atoms with Gasteiger partial charge in [-0.2, -0.15) is 5.11 Å². The first-order valence-corrected chi connectivity index (χ1v) is 11.1. The van der Waals surface area contributed by atoms with Gasteiger partial charge in [-0.25, -0.2) is 9.97 Å². The van der Waals surface area contributed by atoms with Crippen LogP contribution in [-0.2, 0) is 11.3 Å². The number of phenolic OH excluding ortho intramolecular Hbond substituents is 1. The van der Waals surface area contributed by atoms with E-state index in [0.717, 1.165) is 54.2 Å². The molecule has 0 amide bonds. The minimum atomic E-state index is 0.182. The van der Waals surface area contributed by atoms with Crippen LogP contribution in [0, 0.1) is 0 Å². The Morgan fingerprint density at radius 2 is 2.00 bits per heavy atom. The fourth-order valence-electron chi connectivity index (χ4n) is 4.19. The van der Waals surface area contributed by atoms with Crippen LogP contribution in [0.25, 0.3) is 22.4 Å². The summed E-state index contributed by atoms with van der Waals surface area (Å²) in [5, 5.41) is 20.6. The van der Waals surface area contributed by atoms with Crippen molar-refractivity contribution in [1.82, 2.24) is 24.9 Å². The number of morpholine rings is 1. The van der Waals surface area contributed by atoms with Crippen molar-refractivity contribution in [3.05, 3.63) is 42.1 Å². The molecule has 33 heavy (non-hydrogen) atoms. The van der Waals surface area contributed by atoms with Crippen LogP contribution >= 0.6 is 0 Å². The van der Waals surface area contributed by atoms with Gasteiger partial charge >= 0.3 is 0 Å². The van der Waals surface area contributed by atoms with E-state index in [1.165, 1.54) is 0 Å². The summed E-state index contributed by atoms with van der Waals surface area (Å²) in [6.45, 7) is 5.08. The molecule has 0 spiro atoms. The van der Waals surface area contributed by atoms with Crippen molar-refractivity contribution in [2.45, 2.75) is 12.6 Å². The molecular formula is C23H28N8O2. The van der Waals surface area contributed by atoms with Crippen LogP contribution in [0.15, 0.2) is 46.9 Å². The van der Waals surface area contributed by atoms with Crippen molar-refractivity contribution < 1.29 is 9.84 Å². The van der Waals surface area contributed by atoms with E-state index in [9.17, 15) is 5.11 Å². The van der Waals surface area contributed by atoms with Gasteiger partial charge in [0, 0.05) is 31.4 Å². The summed E-state index contributed by atoms with van der Waals surface area (Å²) in [5.41, 5.74) is 3.30. The maximum atomic E-state index is 9.96. The second-order valence-electron chi connectivity index (χ2n) is 8.70. The van der Waals surface area contributed by atoms with Crippen molar-refractivity contribution in [3.63, 3.8) is 0 Å². The number of phenols is 1. The fraction of sp³-hybridized carbons (Fsp3) is 0.435. The number of hydrogen-bond donors (Lipinski definition) is 1. The third-order valence-electron chi connectivity index (χ3n) is 5.69. The predicted octanol–water partition coefficient (Wildman–Crippen LogP) is 2.35. The molecule has 2 aromatic heterocycles. The Labute approximate surface area is 192 Å². The number of aromatic nitrogens is 3. The van der Waals surface area contributed by atoms with E-state index in [4.69, 9.17) is 19.7 Å². The molecule has 2 aliphatic rings. The zero-order valence-corrected chi connectivity index (χ0v) is 18.9. The SMILES string of the molecule is CN(C)CC1CN(Cc2cnc3c(N4CCOCC4)nc(-c4cccc(O)c4)nc3c2)N=N1. The smallest absolute Gasteiger partial charge is 0.162 e. The van der Waals surface area contributed by atoms with Gasteiger partial charge in [-0.1, -0.05) is 17.4 Å². The minimum absolute atomic E-state index is 0.182. The molecule has 2 aliphatic heterocycles. The van der Waals surface area contributed by atoms with Gasteiger partial charge < -0.3 is 19.6 Å². The summed E-state index contributed by atoms with van der Waals surface area (Å²) in [6.07, 6.45) is 1.87. The molecule has 0 saturated carbocycles. The monoisotopic (exact) mass is 448 g/mol. The average Bonchev–Trinajstić information content (AvgIpc) is 3.24. The maximum Gasteiger partial charge on any atom is 0.162 e. The van der Waals surface area contributed by atoms with Gasteiger partial charge in [0.2, 0.25) is 0 Å². The Bertz CT molecular complexity index is 1160. The molecule has 1 saturated heterocycles.